The Labute approximate surface area is 340 Å². The average Bonchev–Trinajstić information content (AvgIpc) is 3.16. The van der Waals surface area contributed by atoms with E-state index >= 15 is 0 Å². The van der Waals surface area contributed by atoms with Crippen molar-refractivity contribution >= 4 is 28.9 Å². The lowest BCUT2D eigenvalue weighted by Crippen LogP contribution is -2.69. The predicted molar refractivity (Wildman–Crippen MR) is 201 cm³/mol. The van der Waals surface area contributed by atoms with Crippen LogP contribution in [0.25, 0.3) is 0 Å². The summed E-state index contributed by atoms with van der Waals surface area (Å²) in [6.45, 7) is 8.44. The Morgan fingerprint density at radius 3 is 2.07 bits per heavy atom. The first-order valence-corrected chi connectivity index (χ1v) is 20.5. The molecule has 0 spiro atoms. The van der Waals surface area contributed by atoms with E-state index < -0.39 is 113 Å². The summed E-state index contributed by atoms with van der Waals surface area (Å²) >= 11 is 0. The van der Waals surface area contributed by atoms with Gasteiger partial charge in [0, 0.05) is 68.1 Å². The molecule has 5 fully saturated rings. The second kappa shape index (κ2) is 15.4. The molecule has 4 aliphatic heterocycles. The number of allylic oxidation sites excluding steroid dienone is 2. The number of hydrogen-bond donors (Lipinski definition) is 4. The van der Waals surface area contributed by atoms with E-state index in [-0.39, 0.29) is 59.2 Å². The molecule has 16 nitrogen and oxygen atoms in total. The second-order valence-electron chi connectivity index (χ2n) is 17.4. The van der Waals surface area contributed by atoms with Crippen LogP contribution in [0.5, 0.6) is 5.75 Å². The zero-order chi connectivity index (χ0) is 42.3. The molecule has 0 amide bonds. The van der Waals surface area contributed by atoms with E-state index in [0.29, 0.717) is 32.1 Å². The minimum absolute atomic E-state index is 0.0268. The first-order chi connectivity index (χ1) is 27.8. The molecule has 0 aromatic heterocycles. The summed E-state index contributed by atoms with van der Waals surface area (Å²) in [5.74, 6) is -3.26. The Morgan fingerprint density at radius 2 is 1.44 bits per heavy atom. The number of carbonyl (C=O) groups is 5. The third kappa shape index (κ3) is 7.28. The number of Topliss-reactive ketones (excluding diaryl/α,β-unsaturated/α-hetero) is 5. The molecule has 4 saturated heterocycles. The molecule has 1 aromatic rings. The van der Waals surface area contributed by atoms with Crippen molar-refractivity contribution in [1.29, 1.82) is 0 Å². The molecule has 3 aliphatic carbocycles. The fourth-order valence-corrected chi connectivity index (χ4v) is 9.83. The van der Waals surface area contributed by atoms with Crippen molar-refractivity contribution in [3.63, 3.8) is 0 Å². The van der Waals surface area contributed by atoms with Gasteiger partial charge in [0.2, 0.25) is 0 Å². The van der Waals surface area contributed by atoms with Crippen LogP contribution in [0, 0.1) is 0 Å². The number of fused-ring (bicyclic) bond motifs is 3. The van der Waals surface area contributed by atoms with Gasteiger partial charge in [0.15, 0.2) is 53.4 Å². The van der Waals surface area contributed by atoms with Crippen molar-refractivity contribution < 1.29 is 77.6 Å². The van der Waals surface area contributed by atoms with Crippen molar-refractivity contribution in [2.45, 2.75) is 177 Å². The van der Waals surface area contributed by atoms with Crippen LogP contribution in [-0.4, -0.2) is 128 Å². The Morgan fingerprint density at radius 1 is 0.780 bits per heavy atom. The number of ketones is 5. The van der Waals surface area contributed by atoms with Gasteiger partial charge in [-0.1, -0.05) is 12.1 Å². The lowest BCUT2D eigenvalue weighted by atomic mass is 9.57. The lowest BCUT2D eigenvalue weighted by Gasteiger charge is -2.53. The van der Waals surface area contributed by atoms with E-state index in [1.165, 1.54) is 18.2 Å². The standard InChI is InChI=1S/C43H52O16/c1-19-26(44)8-11-32(54-19)57-29-10-13-34(56-21(29)3)59-41(5)17-31(47)43(52)36-25(14-15-42(43,51)18-41)38(49)35-24(39(36)50)7-6-23(37(35)48)30-16-28(46)40(22(4)53-30)58-33-12-9-27(45)20(2)55-33/h6-7,14-15,19-22,28-30,32-34,40,46,48,51-52H,8-13,16-18H2,1-5H3/t19-,20+,21-,22+,28+,29+,30+,32+,33+,34+,40+,41+,42-,43+/m0/s1. The molecule has 4 heterocycles. The molecule has 0 unspecified atom stereocenters. The third-order valence-electron chi connectivity index (χ3n) is 13.0. The fourth-order valence-electron chi connectivity index (χ4n) is 9.83. The highest BCUT2D eigenvalue weighted by molar-refractivity contribution is 6.32. The summed E-state index contributed by atoms with van der Waals surface area (Å²) in [5.41, 5.74) is -7.96. The Hall–Kier alpha value is -3.55. The molecule has 16 heteroatoms. The van der Waals surface area contributed by atoms with Crippen molar-refractivity contribution in [2.75, 3.05) is 0 Å². The van der Waals surface area contributed by atoms with E-state index in [2.05, 4.69) is 0 Å². The molecule has 320 valence electrons. The van der Waals surface area contributed by atoms with Gasteiger partial charge in [-0.25, -0.2) is 0 Å². The maximum absolute atomic E-state index is 14.3. The van der Waals surface area contributed by atoms with Gasteiger partial charge in [-0.05, 0) is 53.2 Å². The van der Waals surface area contributed by atoms with Crippen molar-refractivity contribution in [2.24, 2.45) is 0 Å². The van der Waals surface area contributed by atoms with Crippen LogP contribution in [-0.2, 0) is 47.5 Å². The maximum atomic E-state index is 14.3. The highest BCUT2D eigenvalue weighted by Gasteiger charge is 2.67. The van der Waals surface area contributed by atoms with Crippen LogP contribution in [0.3, 0.4) is 0 Å². The number of aliphatic hydroxyl groups is 3. The van der Waals surface area contributed by atoms with E-state index in [1.807, 2.05) is 6.92 Å². The number of phenolic OH excluding ortho intramolecular Hbond substituents is 1. The largest absolute Gasteiger partial charge is 0.507 e. The minimum atomic E-state index is -2.81. The van der Waals surface area contributed by atoms with Gasteiger partial charge < -0.3 is 53.6 Å². The fraction of sp³-hybridized carbons (Fsp3) is 0.651. The molecule has 8 rings (SSSR count). The summed E-state index contributed by atoms with van der Waals surface area (Å²) in [6.07, 6.45) is -3.71. The van der Waals surface area contributed by atoms with Gasteiger partial charge in [0.1, 0.15) is 29.7 Å². The number of phenols is 1. The van der Waals surface area contributed by atoms with Crippen molar-refractivity contribution in [3.8, 4) is 5.75 Å². The molecular weight excluding hydrogens is 772 g/mol. The number of ether oxygens (including phenoxy) is 7. The number of rotatable bonds is 7. The highest BCUT2D eigenvalue weighted by Crippen LogP contribution is 2.53. The summed E-state index contributed by atoms with van der Waals surface area (Å²) in [5, 5.41) is 47.1. The van der Waals surface area contributed by atoms with Crippen molar-refractivity contribution in [1.82, 2.24) is 0 Å². The van der Waals surface area contributed by atoms with E-state index in [4.69, 9.17) is 33.2 Å². The van der Waals surface area contributed by atoms with Gasteiger partial charge >= 0.3 is 0 Å². The monoisotopic (exact) mass is 824 g/mol. The van der Waals surface area contributed by atoms with Crippen LogP contribution in [0.4, 0.5) is 0 Å². The summed E-state index contributed by atoms with van der Waals surface area (Å²) < 4.78 is 42.1. The van der Waals surface area contributed by atoms with Gasteiger partial charge in [-0.3, -0.25) is 24.0 Å². The Kier molecular flexibility index (Phi) is 11.0. The van der Waals surface area contributed by atoms with Crippen LogP contribution in [0.1, 0.15) is 125 Å². The van der Waals surface area contributed by atoms with Crippen LogP contribution < -0.4 is 0 Å². The van der Waals surface area contributed by atoms with Gasteiger partial charge in [0.05, 0.1) is 47.3 Å². The van der Waals surface area contributed by atoms with Gasteiger partial charge in [-0.2, -0.15) is 0 Å². The summed E-state index contributed by atoms with van der Waals surface area (Å²) in [7, 11) is 0. The zero-order valence-electron chi connectivity index (χ0n) is 33.7. The molecule has 4 N–H and O–H groups in total. The lowest BCUT2D eigenvalue weighted by molar-refractivity contribution is -0.296. The third-order valence-corrected chi connectivity index (χ3v) is 13.0. The van der Waals surface area contributed by atoms with Crippen LogP contribution in [0.2, 0.25) is 0 Å². The summed E-state index contributed by atoms with van der Waals surface area (Å²) in [4.78, 5) is 66.4. The number of hydrogen-bond acceptors (Lipinski definition) is 16. The molecule has 7 aliphatic rings. The van der Waals surface area contributed by atoms with E-state index in [0.717, 1.165) is 6.08 Å². The summed E-state index contributed by atoms with van der Waals surface area (Å²) in [6, 6.07) is 2.69. The van der Waals surface area contributed by atoms with Crippen molar-refractivity contribution in [3.05, 3.63) is 52.1 Å². The normalized spacial score (nSPS) is 42.7. The smallest absolute Gasteiger partial charge is 0.198 e. The SMILES string of the molecule is C[C@@H]1O[C@H](O[C@@H]2CC[C@@H](O[C@]3(C)CC(=O)[C@@]4(O)C5=C(C=C[C@]4(O)C3)C(=O)c3c(ccc([C@H]4C[C@@H](O)[C@H](O[C@@H]6CCC(=O)[C@@H](C)O6)[C@@H](C)O4)c3O)C5=O)O[C@H]2C)CCC1=O. The predicted octanol–water partition coefficient (Wildman–Crippen LogP) is 2.93. The number of aromatic hydroxyl groups is 1. The zero-order valence-corrected chi connectivity index (χ0v) is 33.7. The number of carbonyl (C=O) groups excluding carboxylic acids is 5. The highest BCUT2D eigenvalue weighted by atomic mass is 16.7. The van der Waals surface area contributed by atoms with Crippen LogP contribution >= 0.6 is 0 Å². The first kappa shape index (κ1) is 42.2. The molecule has 14 atom stereocenters. The van der Waals surface area contributed by atoms with Crippen LogP contribution in [0.15, 0.2) is 35.4 Å². The molecule has 59 heavy (non-hydrogen) atoms. The van der Waals surface area contributed by atoms with E-state index in [9.17, 15) is 44.4 Å². The maximum Gasteiger partial charge on any atom is 0.198 e. The quantitative estimate of drug-likeness (QED) is 0.310. The number of aliphatic hydroxyl groups excluding tert-OH is 1. The van der Waals surface area contributed by atoms with Gasteiger partial charge in [-0.15, -0.1) is 0 Å². The molecule has 1 aromatic carbocycles. The molecule has 1 saturated carbocycles. The first-order valence-electron chi connectivity index (χ1n) is 20.5. The molecule has 0 bridgehead atoms. The topological polar surface area (TPSA) is 231 Å². The molecular formula is C43H52O16. The molecule has 0 radical (unpaired) electrons. The Bertz CT molecular complexity index is 2000. The minimum Gasteiger partial charge on any atom is -0.507 e. The Balaban J connectivity index is 0.961. The second-order valence-corrected chi connectivity index (χ2v) is 17.4. The average molecular weight is 825 g/mol. The number of benzene rings is 1. The van der Waals surface area contributed by atoms with Gasteiger partial charge in [0.25, 0.3) is 0 Å². The van der Waals surface area contributed by atoms with E-state index in [1.54, 1.807) is 27.7 Å².